The molecule has 2 fully saturated rings. The van der Waals surface area contributed by atoms with Gasteiger partial charge >= 0.3 is 0 Å². The Labute approximate surface area is 248 Å². The number of aliphatic hydroxyl groups is 2. The Bertz CT molecular complexity index is 1770. The van der Waals surface area contributed by atoms with Crippen molar-refractivity contribution in [1.29, 1.82) is 0 Å². The van der Waals surface area contributed by atoms with Gasteiger partial charge in [0.25, 0.3) is 0 Å². The molecule has 0 amide bonds. The zero-order chi connectivity index (χ0) is 28.6. The molecule has 0 radical (unpaired) electrons. The summed E-state index contributed by atoms with van der Waals surface area (Å²) in [6.45, 7) is 9.70. The largest absolute Gasteiger partial charge is 0.377 e. The van der Waals surface area contributed by atoms with Crippen molar-refractivity contribution >= 4 is 0 Å². The molecule has 4 aromatic rings. The van der Waals surface area contributed by atoms with Crippen LogP contribution in [0.3, 0.4) is 0 Å². The molecule has 0 unspecified atom stereocenters. The lowest BCUT2D eigenvalue weighted by Gasteiger charge is -2.57. The summed E-state index contributed by atoms with van der Waals surface area (Å²) in [7, 11) is 0. The summed E-state index contributed by atoms with van der Waals surface area (Å²) in [4.78, 5) is 0. The fraction of sp³-hybridized carbons (Fsp3) is 0.400. The maximum absolute atomic E-state index is 13.4. The van der Waals surface area contributed by atoms with Gasteiger partial charge in [0.1, 0.15) is 0 Å². The van der Waals surface area contributed by atoms with E-state index in [4.69, 9.17) is 0 Å². The maximum atomic E-state index is 13.4. The summed E-state index contributed by atoms with van der Waals surface area (Å²) in [5.41, 5.74) is 11.1. The fourth-order valence-corrected chi connectivity index (χ4v) is 11.0. The molecule has 0 spiro atoms. The Morgan fingerprint density at radius 2 is 0.929 bits per heavy atom. The maximum Gasteiger partial charge on any atom is 0.153 e. The van der Waals surface area contributed by atoms with Gasteiger partial charge < -0.3 is 10.2 Å². The Morgan fingerprint density at radius 1 is 0.524 bits per heavy atom. The van der Waals surface area contributed by atoms with Crippen LogP contribution in [-0.2, 0) is 24.0 Å². The first kappa shape index (κ1) is 24.3. The minimum atomic E-state index is -1.60. The Balaban J connectivity index is 1.26. The van der Waals surface area contributed by atoms with Gasteiger partial charge in [-0.25, -0.2) is 0 Å². The second kappa shape index (κ2) is 7.12. The van der Waals surface area contributed by atoms with Crippen molar-refractivity contribution < 1.29 is 10.2 Å². The van der Waals surface area contributed by atoms with Gasteiger partial charge in [-0.05, 0) is 127 Å². The first-order valence-corrected chi connectivity index (χ1v) is 16.1. The van der Waals surface area contributed by atoms with Crippen molar-refractivity contribution in [3.63, 3.8) is 0 Å². The summed E-state index contributed by atoms with van der Waals surface area (Å²) in [6.07, 6.45) is 4.62. The predicted molar refractivity (Wildman–Crippen MR) is 166 cm³/mol. The van der Waals surface area contributed by atoms with Crippen LogP contribution in [0.1, 0.15) is 96.9 Å². The van der Waals surface area contributed by atoms with Crippen LogP contribution in [0, 0.1) is 22.7 Å². The molecule has 4 bridgehead atoms. The van der Waals surface area contributed by atoms with E-state index in [2.05, 4.69) is 88.4 Å². The van der Waals surface area contributed by atoms with E-state index >= 15 is 0 Å². The van der Waals surface area contributed by atoms with Crippen LogP contribution in [0.5, 0.6) is 0 Å². The smallest absolute Gasteiger partial charge is 0.153 e. The van der Waals surface area contributed by atoms with E-state index in [0.717, 1.165) is 46.2 Å². The molecule has 0 aromatic heterocycles. The van der Waals surface area contributed by atoms with E-state index in [1.165, 1.54) is 46.2 Å². The molecule has 2 nitrogen and oxygen atoms in total. The third kappa shape index (κ3) is 2.35. The molecular weight excluding hydrogens is 512 g/mol. The number of rotatable bonds is 1. The Kier molecular flexibility index (Phi) is 4.11. The van der Waals surface area contributed by atoms with E-state index in [-0.39, 0.29) is 0 Å². The van der Waals surface area contributed by atoms with Crippen molar-refractivity contribution in [3.05, 3.63) is 117 Å². The van der Waals surface area contributed by atoms with Crippen molar-refractivity contribution in [3.8, 4) is 22.3 Å². The first-order valence-electron chi connectivity index (χ1n) is 16.1. The monoisotopic (exact) mass is 550 g/mol. The molecule has 8 aliphatic rings. The number of hydrogen-bond donors (Lipinski definition) is 2. The highest BCUT2D eigenvalue weighted by atomic mass is 16.4. The quantitative estimate of drug-likeness (QED) is 0.251. The minimum absolute atomic E-state index is 0.325. The summed E-state index contributed by atoms with van der Waals surface area (Å²) in [5.74, 6) is 2.47. The highest BCUT2D eigenvalue weighted by molar-refractivity contribution is 5.90. The summed E-state index contributed by atoms with van der Waals surface area (Å²) in [6, 6.07) is 25.6. The predicted octanol–water partition coefficient (Wildman–Crippen LogP) is 8.19. The number of hydrogen-bond acceptors (Lipinski definition) is 2. The average molecular weight is 551 g/mol. The lowest BCUT2D eigenvalue weighted by Crippen LogP contribution is -2.50. The highest BCUT2D eigenvalue weighted by Gasteiger charge is 2.64. The van der Waals surface area contributed by atoms with Crippen LogP contribution >= 0.6 is 0 Å². The summed E-state index contributed by atoms with van der Waals surface area (Å²) < 4.78 is 0. The Hall–Kier alpha value is -3.20. The topological polar surface area (TPSA) is 40.5 Å². The molecule has 0 aliphatic heterocycles. The number of benzene rings is 4. The molecule has 12 rings (SSSR count). The van der Waals surface area contributed by atoms with Gasteiger partial charge in [-0.1, -0.05) is 100 Å². The van der Waals surface area contributed by atoms with Crippen LogP contribution in [-0.4, -0.2) is 10.2 Å². The van der Waals surface area contributed by atoms with Gasteiger partial charge in [-0.2, -0.15) is 0 Å². The molecule has 2 saturated carbocycles. The van der Waals surface area contributed by atoms with E-state index < -0.39 is 11.2 Å². The van der Waals surface area contributed by atoms with Crippen molar-refractivity contribution in [2.45, 2.75) is 76.4 Å². The third-order valence-corrected chi connectivity index (χ3v) is 13.8. The van der Waals surface area contributed by atoms with E-state index in [1.54, 1.807) is 0 Å². The van der Waals surface area contributed by atoms with Crippen molar-refractivity contribution in [2.24, 2.45) is 22.7 Å². The first-order chi connectivity index (χ1) is 20.1. The zero-order valence-corrected chi connectivity index (χ0v) is 25.0. The highest BCUT2D eigenvalue weighted by Crippen LogP contribution is 2.69. The van der Waals surface area contributed by atoms with Crippen LogP contribution in [0.4, 0.5) is 0 Å². The fourth-order valence-electron chi connectivity index (χ4n) is 11.0. The zero-order valence-electron chi connectivity index (χ0n) is 25.0. The molecule has 0 heterocycles. The molecule has 6 atom stereocenters. The molecule has 2 heteroatoms. The molecular formula is C40H38O2. The normalized spacial score (nSPS) is 34.1. The van der Waals surface area contributed by atoms with Gasteiger partial charge in [0.2, 0.25) is 0 Å². The van der Waals surface area contributed by atoms with Gasteiger partial charge in [-0.15, -0.1) is 0 Å². The van der Waals surface area contributed by atoms with E-state index in [0.29, 0.717) is 34.5 Å². The SMILES string of the molecule is CC1(C)[C@@H]2Cc3c(ccc4c3-c3ccccc3[C@]4(O)[C@]3(O)c4ccccc4-c4c3ccc3c4C[C@@H]4C[C@@H]3C4(C)C)[C@@H]1C2. The lowest BCUT2D eigenvalue weighted by molar-refractivity contribution is -0.107. The van der Waals surface area contributed by atoms with Crippen LogP contribution in [0.25, 0.3) is 22.3 Å². The Morgan fingerprint density at radius 3 is 1.33 bits per heavy atom. The molecule has 0 saturated heterocycles. The second-order valence-electron chi connectivity index (χ2n) is 15.6. The van der Waals surface area contributed by atoms with Crippen LogP contribution < -0.4 is 0 Å². The van der Waals surface area contributed by atoms with Crippen molar-refractivity contribution in [1.82, 2.24) is 0 Å². The van der Waals surface area contributed by atoms with Crippen LogP contribution in [0.15, 0.2) is 72.8 Å². The summed E-state index contributed by atoms with van der Waals surface area (Å²) >= 11 is 0. The molecule has 42 heavy (non-hydrogen) atoms. The van der Waals surface area contributed by atoms with Gasteiger partial charge in [-0.3, -0.25) is 0 Å². The third-order valence-electron chi connectivity index (χ3n) is 13.8. The number of fused-ring (bicyclic) bond motifs is 6. The van der Waals surface area contributed by atoms with Gasteiger partial charge in [0.15, 0.2) is 11.2 Å². The van der Waals surface area contributed by atoms with Crippen molar-refractivity contribution in [2.75, 3.05) is 0 Å². The average Bonchev–Trinajstić information content (AvgIpc) is 3.44. The summed E-state index contributed by atoms with van der Waals surface area (Å²) in [5, 5.41) is 26.9. The minimum Gasteiger partial charge on any atom is -0.377 e. The van der Waals surface area contributed by atoms with Gasteiger partial charge in [0.05, 0.1) is 0 Å². The molecule has 4 aromatic carbocycles. The molecule has 2 N–H and O–H groups in total. The second-order valence-corrected chi connectivity index (χ2v) is 15.6. The van der Waals surface area contributed by atoms with Crippen LogP contribution in [0.2, 0.25) is 0 Å². The lowest BCUT2D eigenvalue weighted by atomic mass is 9.47. The van der Waals surface area contributed by atoms with E-state index in [1.807, 2.05) is 12.1 Å². The molecule has 8 aliphatic carbocycles. The standard InChI is InChI=1S/C40H38O2/c1-37(2)21-17-27-23(33(37)19-21)13-15-31-35(27)25-9-5-7-11-29(25)39(31,41)40(42)30-12-8-6-10-26(30)36-28-18-22-20-34(38(22,3)4)24(28)14-16-32(36)40/h5-16,21-22,33-34,41-42H,17-20H2,1-4H3/t21-,22-,33+,34+,39-,40+/m1/s1. The van der Waals surface area contributed by atoms with Gasteiger partial charge in [0, 0.05) is 0 Å². The van der Waals surface area contributed by atoms with E-state index in [9.17, 15) is 10.2 Å². The molecule has 210 valence electrons.